The predicted octanol–water partition coefficient (Wildman–Crippen LogP) is 4.98. The third kappa shape index (κ3) is 7.54. The molecule has 0 heterocycles. The fraction of sp³-hybridized carbons (Fsp3) is 0.120. The molecule has 7 nitrogen and oxygen atoms in total. The second-order valence-corrected chi connectivity index (χ2v) is 8.33. The van der Waals surface area contributed by atoms with E-state index in [4.69, 9.17) is 16.3 Å². The van der Waals surface area contributed by atoms with Crippen molar-refractivity contribution in [2.75, 3.05) is 6.54 Å². The van der Waals surface area contributed by atoms with Gasteiger partial charge in [-0.3, -0.25) is 9.59 Å². The molecule has 174 valence electrons. The number of esters is 1. The minimum Gasteiger partial charge on any atom is -0.423 e. The smallest absolute Gasteiger partial charge is 0.344 e. The van der Waals surface area contributed by atoms with E-state index >= 15 is 0 Å². The molecule has 0 fully saturated rings. The maximum absolute atomic E-state index is 12.2. The lowest BCUT2D eigenvalue weighted by Crippen LogP contribution is -2.26. The van der Waals surface area contributed by atoms with Gasteiger partial charge in [0.2, 0.25) is 5.91 Å². The first-order valence-corrected chi connectivity index (χ1v) is 11.5. The van der Waals surface area contributed by atoms with Gasteiger partial charge in [-0.2, -0.15) is 5.10 Å². The highest BCUT2D eigenvalue weighted by molar-refractivity contribution is 9.10. The van der Waals surface area contributed by atoms with Gasteiger partial charge in [0, 0.05) is 17.4 Å². The summed E-state index contributed by atoms with van der Waals surface area (Å²) in [6, 6.07) is 20.5. The van der Waals surface area contributed by atoms with Gasteiger partial charge in [0.1, 0.15) is 5.75 Å². The standard InChI is InChI=1S/C25H21BrClN3O4/c26-21-8-3-1-6-19(21)25(33)34-18-13-11-17(12-14-18)16-29-30-23(31)10-5-15-28-24(32)20-7-2-4-9-22(20)27/h1-4,6-9,11-14,16H,5,10,15H2,(H,28,32)(H,30,31). The molecule has 0 atom stereocenters. The summed E-state index contributed by atoms with van der Waals surface area (Å²) in [7, 11) is 0. The summed E-state index contributed by atoms with van der Waals surface area (Å²) in [5.74, 6) is -0.637. The van der Waals surface area contributed by atoms with Crippen LogP contribution in [-0.4, -0.2) is 30.5 Å². The van der Waals surface area contributed by atoms with Crippen LogP contribution in [0.4, 0.5) is 0 Å². The van der Waals surface area contributed by atoms with E-state index in [9.17, 15) is 14.4 Å². The summed E-state index contributed by atoms with van der Waals surface area (Å²) in [6.45, 7) is 0.334. The molecule has 0 aliphatic carbocycles. The summed E-state index contributed by atoms with van der Waals surface area (Å²) in [5.41, 5.74) is 3.98. The number of rotatable bonds is 9. The summed E-state index contributed by atoms with van der Waals surface area (Å²) >= 11 is 9.31. The third-order valence-electron chi connectivity index (χ3n) is 4.57. The number of amides is 2. The number of carbonyl (C=O) groups is 3. The monoisotopic (exact) mass is 541 g/mol. The number of ether oxygens (including phenoxy) is 1. The van der Waals surface area contributed by atoms with Crippen LogP contribution >= 0.6 is 27.5 Å². The molecule has 3 rings (SSSR count). The fourth-order valence-electron chi connectivity index (χ4n) is 2.84. The molecule has 3 aromatic rings. The Morgan fingerprint density at radius 2 is 1.62 bits per heavy atom. The van der Waals surface area contributed by atoms with Crippen LogP contribution in [-0.2, 0) is 4.79 Å². The van der Waals surface area contributed by atoms with Crippen LogP contribution in [0.25, 0.3) is 0 Å². The van der Waals surface area contributed by atoms with Crippen LogP contribution in [0.1, 0.15) is 39.1 Å². The van der Waals surface area contributed by atoms with Crippen LogP contribution in [0.3, 0.4) is 0 Å². The van der Waals surface area contributed by atoms with E-state index in [1.807, 2.05) is 6.07 Å². The summed E-state index contributed by atoms with van der Waals surface area (Å²) in [4.78, 5) is 36.2. The second kappa shape index (κ2) is 12.7. The predicted molar refractivity (Wildman–Crippen MR) is 134 cm³/mol. The Hall–Kier alpha value is -3.49. The van der Waals surface area contributed by atoms with Crippen LogP contribution < -0.4 is 15.5 Å². The van der Waals surface area contributed by atoms with Crippen molar-refractivity contribution in [2.24, 2.45) is 5.10 Å². The lowest BCUT2D eigenvalue weighted by molar-refractivity contribution is -0.121. The van der Waals surface area contributed by atoms with E-state index in [1.165, 1.54) is 6.21 Å². The van der Waals surface area contributed by atoms with Gasteiger partial charge < -0.3 is 10.1 Å². The van der Waals surface area contributed by atoms with Gasteiger partial charge in [0.15, 0.2) is 0 Å². The second-order valence-electron chi connectivity index (χ2n) is 7.07. The number of nitrogens with zero attached hydrogens (tertiary/aromatic N) is 1. The molecule has 0 saturated carbocycles. The number of nitrogens with one attached hydrogen (secondary N) is 2. The van der Waals surface area contributed by atoms with Gasteiger partial charge in [-0.1, -0.05) is 35.9 Å². The van der Waals surface area contributed by atoms with Gasteiger partial charge >= 0.3 is 5.97 Å². The van der Waals surface area contributed by atoms with Crippen molar-refractivity contribution < 1.29 is 19.1 Å². The molecule has 0 aromatic heterocycles. The Morgan fingerprint density at radius 3 is 2.32 bits per heavy atom. The van der Waals surface area contributed by atoms with Crippen molar-refractivity contribution in [2.45, 2.75) is 12.8 Å². The molecular weight excluding hydrogens is 522 g/mol. The maximum Gasteiger partial charge on any atom is 0.344 e. The number of hydrogen-bond acceptors (Lipinski definition) is 5. The van der Waals surface area contributed by atoms with Crippen molar-refractivity contribution >= 4 is 51.5 Å². The highest BCUT2D eigenvalue weighted by Crippen LogP contribution is 2.19. The zero-order valence-corrected chi connectivity index (χ0v) is 20.3. The van der Waals surface area contributed by atoms with Crippen molar-refractivity contribution in [3.05, 3.63) is 99.0 Å². The van der Waals surface area contributed by atoms with E-state index in [0.717, 1.165) is 0 Å². The molecular formula is C25H21BrClN3O4. The minimum atomic E-state index is -0.468. The van der Waals surface area contributed by atoms with Crippen molar-refractivity contribution in [1.82, 2.24) is 10.7 Å². The number of halogens is 2. The molecule has 0 radical (unpaired) electrons. The van der Waals surface area contributed by atoms with E-state index in [0.29, 0.717) is 44.9 Å². The molecule has 0 aliphatic heterocycles. The highest BCUT2D eigenvalue weighted by atomic mass is 79.9. The molecule has 0 aliphatic rings. The van der Waals surface area contributed by atoms with E-state index in [1.54, 1.807) is 66.7 Å². The number of carbonyl (C=O) groups excluding carboxylic acids is 3. The van der Waals surface area contributed by atoms with Gasteiger partial charge in [-0.15, -0.1) is 0 Å². The number of hydrogen-bond donors (Lipinski definition) is 2. The Labute approximate surface area is 210 Å². The Bertz CT molecular complexity index is 1200. The van der Waals surface area contributed by atoms with Gasteiger partial charge in [0.05, 0.1) is 22.4 Å². The largest absolute Gasteiger partial charge is 0.423 e. The maximum atomic E-state index is 12.2. The average Bonchev–Trinajstić information content (AvgIpc) is 2.83. The topological polar surface area (TPSA) is 96.9 Å². The van der Waals surface area contributed by atoms with E-state index < -0.39 is 5.97 Å². The first-order valence-electron chi connectivity index (χ1n) is 10.4. The molecule has 0 spiro atoms. The van der Waals surface area contributed by atoms with Crippen LogP contribution in [0, 0.1) is 0 Å². The first kappa shape index (κ1) is 25.1. The van der Waals surface area contributed by atoms with Crippen LogP contribution in [0.5, 0.6) is 5.75 Å². The average molecular weight is 543 g/mol. The van der Waals surface area contributed by atoms with Crippen LogP contribution in [0.15, 0.2) is 82.4 Å². The zero-order valence-electron chi connectivity index (χ0n) is 18.0. The zero-order chi connectivity index (χ0) is 24.3. The first-order chi connectivity index (χ1) is 16.4. The molecule has 34 heavy (non-hydrogen) atoms. The lowest BCUT2D eigenvalue weighted by Gasteiger charge is -2.06. The van der Waals surface area contributed by atoms with Crippen LogP contribution in [0.2, 0.25) is 5.02 Å². The Morgan fingerprint density at radius 1 is 0.941 bits per heavy atom. The van der Waals surface area contributed by atoms with Gasteiger partial charge in [-0.05, 0) is 76.4 Å². The molecule has 9 heteroatoms. The summed E-state index contributed by atoms with van der Waals surface area (Å²) in [5, 5.41) is 7.03. The quantitative estimate of drug-likeness (QED) is 0.131. The lowest BCUT2D eigenvalue weighted by atomic mass is 10.2. The Kier molecular flexibility index (Phi) is 9.37. The molecule has 0 unspecified atom stereocenters. The van der Waals surface area contributed by atoms with E-state index in [2.05, 4.69) is 31.8 Å². The van der Waals surface area contributed by atoms with E-state index in [-0.39, 0.29) is 18.2 Å². The molecule has 2 amide bonds. The van der Waals surface area contributed by atoms with Gasteiger partial charge in [-0.25, -0.2) is 10.2 Å². The van der Waals surface area contributed by atoms with Gasteiger partial charge in [0.25, 0.3) is 5.91 Å². The van der Waals surface area contributed by atoms with Crippen molar-refractivity contribution in [1.29, 1.82) is 0 Å². The Balaban J connectivity index is 1.38. The third-order valence-corrected chi connectivity index (χ3v) is 5.59. The van der Waals surface area contributed by atoms with Crippen molar-refractivity contribution in [3.63, 3.8) is 0 Å². The number of benzene rings is 3. The normalized spacial score (nSPS) is 10.6. The molecule has 2 N–H and O–H groups in total. The fourth-order valence-corrected chi connectivity index (χ4v) is 3.51. The SMILES string of the molecule is O=C(CCCNC(=O)c1ccccc1Cl)NN=Cc1ccc(OC(=O)c2ccccc2Br)cc1. The minimum absolute atomic E-state index is 0.198. The van der Waals surface area contributed by atoms with Crippen molar-refractivity contribution in [3.8, 4) is 5.75 Å². The molecule has 3 aromatic carbocycles. The number of hydrazone groups is 1. The summed E-state index contributed by atoms with van der Waals surface area (Å²) < 4.78 is 6.02. The summed E-state index contributed by atoms with van der Waals surface area (Å²) in [6.07, 6.45) is 2.13. The highest BCUT2D eigenvalue weighted by Gasteiger charge is 2.12. The molecule has 0 saturated heterocycles. The molecule has 0 bridgehead atoms.